The number of carbonyl (C=O) groups excluding carboxylic acids is 1. The van der Waals surface area contributed by atoms with Crippen molar-refractivity contribution in [2.45, 2.75) is 16.9 Å². The van der Waals surface area contributed by atoms with Gasteiger partial charge in [0.1, 0.15) is 5.78 Å². The first kappa shape index (κ1) is 5.69. The highest BCUT2D eigenvalue weighted by Crippen LogP contribution is 2.81. The average molecular weight is 178 g/mol. The van der Waals surface area contributed by atoms with Crippen LogP contribution in [0.4, 0.5) is 0 Å². The molecule has 0 aromatic heterocycles. The Morgan fingerprint density at radius 2 is 2.00 bits per heavy atom. The van der Waals surface area contributed by atoms with E-state index in [0.29, 0.717) is 17.6 Å². The van der Waals surface area contributed by atoms with Crippen LogP contribution >= 0.6 is 11.8 Å². The summed E-state index contributed by atoms with van der Waals surface area (Å²) in [4.78, 5) is 11.9. The van der Waals surface area contributed by atoms with Crippen LogP contribution in [0.5, 0.6) is 0 Å². The molecule has 0 aromatic carbocycles. The lowest BCUT2D eigenvalue weighted by molar-refractivity contribution is -0.126. The molecule has 0 radical (unpaired) electrons. The molecule has 0 N–H and O–H groups in total. The molecule has 0 spiro atoms. The number of rotatable bonds is 0. The summed E-state index contributed by atoms with van der Waals surface area (Å²) < 4.78 is 0. The highest BCUT2D eigenvalue weighted by Gasteiger charge is 2.81. The van der Waals surface area contributed by atoms with Crippen LogP contribution in [0.3, 0.4) is 0 Å². The number of thioether (sulfide) groups is 1. The minimum absolute atomic E-state index is 0.546. The van der Waals surface area contributed by atoms with E-state index in [1.807, 2.05) is 0 Å². The van der Waals surface area contributed by atoms with Crippen LogP contribution in [-0.4, -0.2) is 16.3 Å². The van der Waals surface area contributed by atoms with E-state index in [-0.39, 0.29) is 0 Å². The maximum absolute atomic E-state index is 11.9. The minimum Gasteiger partial charge on any atom is -0.299 e. The Hall–Kier alpha value is 0.0200. The van der Waals surface area contributed by atoms with Crippen molar-refractivity contribution in [3.63, 3.8) is 0 Å². The van der Waals surface area contributed by atoms with E-state index in [1.54, 1.807) is 0 Å². The van der Waals surface area contributed by atoms with Gasteiger partial charge in [0.25, 0.3) is 0 Å². The molecule has 0 amide bonds. The van der Waals surface area contributed by atoms with Crippen molar-refractivity contribution in [1.82, 2.24) is 0 Å². The molecular weight excluding hydrogens is 168 g/mol. The van der Waals surface area contributed by atoms with Crippen LogP contribution in [0, 0.1) is 35.5 Å². The quantitative estimate of drug-likeness (QED) is 0.554. The van der Waals surface area contributed by atoms with Crippen molar-refractivity contribution in [1.29, 1.82) is 0 Å². The lowest BCUT2D eigenvalue weighted by atomic mass is 9.64. The predicted octanol–water partition coefficient (Wildman–Crippen LogP) is 1.18. The molecular formula is C10H10OS. The Kier molecular flexibility index (Phi) is 0.623. The average Bonchev–Trinajstić information content (AvgIpc) is 2.47. The normalized spacial score (nSPS) is 79.2. The zero-order valence-corrected chi connectivity index (χ0v) is 7.46. The second-order valence-corrected chi connectivity index (χ2v) is 6.60. The van der Waals surface area contributed by atoms with E-state index < -0.39 is 0 Å². The first-order valence-corrected chi connectivity index (χ1v) is 6.01. The second kappa shape index (κ2) is 1.31. The molecule has 1 heterocycles. The molecule has 1 saturated heterocycles. The van der Waals surface area contributed by atoms with Crippen molar-refractivity contribution in [3.05, 3.63) is 0 Å². The van der Waals surface area contributed by atoms with Crippen LogP contribution in [0.1, 0.15) is 6.42 Å². The van der Waals surface area contributed by atoms with E-state index in [2.05, 4.69) is 11.8 Å². The molecule has 0 unspecified atom stereocenters. The Bertz CT molecular complexity index is 320. The van der Waals surface area contributed by atoms with Gasteiger partial charge in [-0.25, -0.2) is 0 Å². The highest BCUT2D eigenvalue weighted by atomic mass is 32.2. The predicted molar refractivity (Wildman–Crippen MR) is 45.7 cm³/mol. The molecule has 5 rings (SSSR count). The summed E-state index contributed by atoms with van der Waals surface area (Å²) in [5.74, 6) is 5.55. The van der Waals surface area contributed by atoms with Crippen molar-refractivity contribution in [2.75, 3.05) is 0 Å². The fourth-order valence-electron chi connectivity index (χ4n) is 5.22. The molecule has 4 saturated carbocycles. The molecule has 8 atom stereocenters. The van der Waals surface area contributed by atoms with Gasteiger partial charge in [-0.05, 0) is 30.1 Å². The van der Waals surface area contributed by atoms with Crippen LogP contribution in [0.25, 0.3) is 0 Å². The third-order valence-corrected chi connectivity index (χ3v) is 7.21. The van der Waals surface area contributed by atoms with Crippen LogP contribution in [-0.2, 0) is 4.79 Å². The smallest absolute Gasteiger partial charge is 0.141 e. The van der Waals surface area contributed by atoms with E-state index in [4.69, 9.17) is 0 Å². The number of Topliss-reactive ketones (excluding diaryl/α,β-unsaturated/α-hetero) is 1. The minimum atomic E-state index is 0.546. The van der Waals surface area contributed by atoms with Crippen molar-refractivity contribution in [2.24, 2.45) is 35.5 Å². The standard InChI is InChI=1S/C10H10OS/c11-8-6-2-1-3-5-4(2)7(8)10(5)12-9(3)6/h2-7,9-10H,1H2/t2-,3+,4-,5-,6-,7+,9-,10-/m0/s1. The fraction of sp³-hybridized carbons (Fsp3) is 0.900. The molecule has 12 heavy (non-hydrogen) atoms. The van der Waals surface area contributed by atoms with Gasteiger partial charge in [0.2, 0.25) is 0 Å². The summed E-state index contributed by atoms with van der Waals surface area (Å²) in [5, 5.41) is 1.61. The van der Waals surface area contributed by atoms with Crippen LogP contribution in [0.2, 0.25) is 0 Å². The van der Waals surface area contributed by atoms with Gasteiger partial charge in [0.05, 0.1) is 0 Å². The zero-order chi connectivity index (χ0) is 7.61. The van der Waals surface area contributed by atoms with Gasteiger partial charge in [-0.15, -0.1) is 0 Å². The number of carbonyl (C=O) groups is 1. The number of ketones is 1. The number of hydrogen-bond donors (Lipinski definition) is 0. The largest absolute Gasteiger partial charge is 0.299 e. The van der Waals surface area contributed by atoms with E-state index >= 15 is 0 Å². The summed E-state index contributed by atoms with van der Waals surface area (Å²) in [5.41, 5.74) is 0. The fourth-order valence-corrected chi connectivity index (χ4v) is 7.63. The third-order valence-electron chi connectivity index (χ3n) is 5.33. The molecule has 0 aromatic rings. The highest BCUT2D eigenvalue weighted by molar-refractivity contribution is 8.01. The van der Waals surface area contributed by atoms with Gasteiger partial charge in [-0.3, -0.25) is 4.79 Å². The number of hydrogen-bond acceptors (Lipinski definition) is 2. The SMILES string of the molecule is O=C1[C@@H]2[C@H]3C[C@H]4[C@@H]2S[C@@H]2[C@@H]1[C@@H]3[C@H]42. The summed E-state index contributed by atoms with van der Waals surface area (Å²) in [6, 6.07) is 0. The molecule has 62 valence electrons. The molecule has 5 aliphatic rings. The monoisotopic (exact) mass is 178 g/mol. The second-order valence-electron chi connectivity index (χ2n) is 5.24. The van der Waals surface area contributed by atoms with Gasteiger partial charge >= 0.3 is 0 Å². The Morgan fingerprint density at radius 3 is 2.92 bits per heavy atom. The van der Waals surface area contributed by atoms with Gasteiger partial charge in [0.15, 0.2) is 0 Å². The summed E-state index contributed by atoms with van der Waals surface area (Å²) in [6.45, 7) is 0. The number of fused-ring (bicyclic) bond motifs is 2. The lowest BCUT2D eigenvalue weighted by Crippen LogP contribution is -2.46. The van der Waals surface area contributed by atoms with Gasteiger partial charge in [-0.2, -0.15) is 11.8 Å². The Labute approximate surface area is 75.3 Å². The maximum Gasteiger partial charge on any atom is 0.141 e. The first-order chi connectivity index (χ1) is 5.88. The Balaban J connectivity index is 1.91. The molecule has 5 fully saturated rings. The summed E-state index contributed by atoms with van der Waals surface area (Å²) in [6.07, 6.45) is 1.43. The summed E-state index contributed by atoms with van der Waals surface area (Å²) >= 11 is 2.19. The molecule has 2 heteroatoms. The van der Waals surface area contributed by atoms with E-state index in [1.165, 1.54) is 6.42 Å². The molecule has 1 aliphatic heterocycles. The van der Waals surface area contributed by atoms with Crippen molar-refractivity contribution in [3.8, 4) is 0 Å². The zero-order valence-electron chi connectivity index (χ0n) is 6.64. The molecule has 1 nitrogen and oxygen atoms in total. The van der Waals surface area contributed by atoms with E-state index in [0.717, 1.165) is 34.2 Å². The lowest BCUT2D eigenvalue weighted by Gasteiger charge is -2.42. The van der Waals surface area contributed by atoms with Gasteiger partial charge < -0.3 is 0 Å². The van der Waals surface area contributed by atoms with E-state index in [9.17, 15) is 4.79 Å². The van der Waals surface area contributed by atoms with Crippen molar-refractivity contribution >= 4 is 17.5 Å². The van der Waals surface area contributed by atoms with Gasteiger partial charge in [0, 0.05) is 22.3 Å². The van der Waals surface area contributed by atoms with Crippen molar-refractivity contribution < 1.29 is 4.79 Å². The maximum atomic E-state index is 11.9. The third kappa shape index (κ3) is 0.301. The first-order valence-electron chi connectivity index (χ1n) is 5.07. The molecule has 2 bridgehead atoms. The molecule has 4 aliphatic carbocycles. The van der Waals surface area contributed by atoms with Crippen LogP contribution in [0.15, 0.2) is 0 Å². The topological polar surface area (TPSA) is 17.1 Å². The summed E-state index contributed by atoms with van der Waals surface area (Å²) in [7, 11) is 0. The van der Waals surface area contributed by atoms with Gasteiger partial charge in [-0.1, -0.05) is 0 Å². The Morgan fingerprint density at radius 1 is 1.08 bits per heavy atom. The van der Waals surface area contributed by atoms with Crippen LogP contribution < -0.4 is 0 Å².